The molecule has 0 amide bonds. The molecule has 0 radical (unpaired) electrons. The first-order chi connectivity index (χ1) is 20.2. The lowest BCUT2D eigenvalue weighted by atomic mass is 10.1. The number of aromatic nitrogens is 3. The molecule has 2 aromatic carbocycles. The molecule has 220 valence electrons. The van der Waals surface area contributed by atoms with Crippen LogP contribution < -0.4 is 15.0 Å². The van der Waals surface area contributed by atoms with E-state index in [2.05, 4.69) is 10.3 Å². The standard InChI is InChI=1S/C29H33N7O6/c1-33(2)10-11-34(3)24-13-26(40-5)22(12-25(24)36(38)39)31-29-30-14-20(28(37)42-18-16-41-17-18)27(32-29)21-15-35(4)23-9-7-6-8-19(21)23/h6-9,12-15,18H,10-11,16-17H2,1-5H3,(H,30,31,32). The summed E-state index contributed by atoms with van der Waals surface area (Å²) in [4.78, 5) is 37.7. The zero-order chi connectivity index (χ0) is 30.0. The van der Waals surface area contributed by atoms with E-state index in [-0.39, 0.29) is 23.3 Å². The van der Waals surface area contributed by atoms with Crippen molar-refractivity contribution in [2.75, 3.05) is 64.8 Å². The predicted molar refractivity (Wildman–Crippen MR) is 159 cm³/mol. The zero-order valence-corrected chi connectivity index (χ0v) is 24.2. The van der Waals surface area contributed by atoms with Gasteiger partial charge in [0, 0.05) is 68.2 Å². The fourth-order valence-electron chi connectivity index (χ4n) is 4.69. The number of nitro groups is 1. The lowest BCUT2D eigenvalue weighted by Crippen LogP contribution is -2.38. The van der Waals surface area contributed by atoms with Gasteiger partial charge < -0.3 is 33.9 Å². The highest BCUT2D eigenvalue weighted by Gasteiger charge is 2.28. The highest BCUT2D eigenvalue weighted by atomic mass is 16.6. The first-order valence-electron chi connectivity index (χ1n) is 13.4. The van der Waals surface area contributed by atoms with Crippen molar-refractivity contribution in [1.82, 2.24) is 19.4 Å². The van der Waals surface area contributed by atoms with Crippen LogP contribution in [0, 0.1) is 10.1 Å². The fourth-order valence-corrected chi connectivity index (χ4v) is 4.69. The molecular formula is C29H33N7O6. The highest BCUT2D eigenvalue weighted by molar-refractivity contribution is 6.03. The number of para-hydroxylation sites is 1. The van der Waals surface area contributed by atoms with Gasteiger partial charge in [-0.3, -0.25) is 10.1 Å². The second-order valence-electron chi connectivity index (χ2n) is 10.3. The van der Waals surface area contributed by atoms with Crippen molar-refractivity contribution < 1.29 is 23.9 Å². The minimum absolute atomic E-state index is 0.100. The third kappa shape index (κ3) is 5.83. The quantitative estimate of drug-likeness (QED) is 0.159. The van der Waals surface area contributed by atoms with Crippen molar-refractivity contribution in [3.63, 3.8) is 0 Å². The summed E-state index contributed by atoms with van der Waals surface area (Å²) >= 11 is 0. The normalized spacial score (nSPS) is 13.2. The summed E-state index contributed by atoms with van der Waals surface area (Å²) in [6, 6.07) is 10.8. The Bertz CT molecular complexity index is 1630. The van der Waals surface area contributed by atoms with Gasteiger partial charge in [0.15, 0.2) is 0 Å². The van der Waals surface area contributed by atoms with Crippen molar-refractivity contribution in [1.29, 1.82) is 0 Å². The van der Waals surface area contributed by atoms with Crippen LogP contribution in [-0.4, -0.2) is 91.0 Å². The Morgan fingerprint density at radius 3 is 2.64 bits per heavy atom. The van der Waals surface area contributed by atoms with E-state index in [1.807, 2.05) is 66.0 Å². The van der Waals surface area contributed by atoms with E-state index in [1.165, 1.54) is 19.4 Å². The molecule has 1 aliphatic heterocycles. The van der Waals surface area contributed by atoms with Crippen LogP contribution in [0.25, 0.3) is 22.2 Å². The highest BCUT2D eigenvalue weighted by Crippen LogP contribution is 2.39. The molecule has 0 bridgehead atoms. The van der Waals surface area contributed by atoms with Crippen LogP contribution in [0.1, 0.15) is 10.4 Å². The van der Waals surface area contributed by atoms with Gasteiger partial charge in [0.25, 0.3) is 5.69 Å². The summed E-state index contributed by atoms with van der Waals surface area (Å²) < 4.78 is 18.3. The van der Waals surface area contributed by atoms with Crippen LogP contribution in [-0.2, 0) is 16.5 Å². The molecule has 42 heavy (non-hydrogen) atoms. The summed E-state index contributed by atoms with van der Waals surface area (Å²) in [5, 5.41) is 16.0. The average molecular weight is 576 g/mol. The minimum atomic E-state index is -0.559. The SMILES string of the molecule is COc1cc(N(C)CCN(C)C)c([N+](=O)[O-])cc1Nc1ncc(C(=O)OC2COC2)c(-c2cn(C)c3ccccc23)n1. The number of methoxy groups -OCH3 is 1. The Hall–Kier alpha value is -4.75. The second kappa shape index (κ2) is 12.0. The number of fused-ring (bicyclic) bond motifs is 1. The number of rotatable bonds is 11. The number of nitrogens with one attached hydrogen (secondary N) is 1. The number of nitro benzene ring substituents is 1. The molecule has 1 fully saturated rings. The Morgan fingerprint density at radius 1 is 1.21 bits per heavy atom. The number of carbonyl (C=O) groups excluding carboxylic acids is 1. The van der Waals surface area contributed by atoms with Crippen molar-refractivity contribution in [3.8, 4) is 17.0 Å². The molecule has 3 heterocycles. The number of carbonyl (C=O) groups is 1. The van der Waals surface area contributed by atoms with Crippen LogP contribution >= 0.6 is 0 Å². The monoisotopic (exact) mass is 575 g/mol. The van der Waals surface area contributed by atoms with Gasteiger partial charge in [-0.15, -0.1) is 0 Å². The van der Waals surface area contributed by atoms with Crippen LogP contribution in [0.15, 0.2) is 48.8 Å². The number of esters is 1. The second-order valence-corrected chi connectivity index (χ2v) is 10.3. The molecule has 0 saturated carbocycles. The van der Waals surface area contributed by atoms with Crippen molar-refractivity contribution in [2.45, 2.75) is 6.10 Å². The third-order valence-corrected chi connectivity index (χ3v) is 7.08. The van der Waals surface area contributed by atoms with Gasteiger partial charge in [0.2, 0.25) is 5.95 Å². The molecule has 0 spiro atoms. The number of ether oxygens (including phenoxy) is 3. The van der Waals surface area contributed by atoms with E-state index in [4.69, 9.17) is 19.2 Å². The molecular weight excluding hydrogens is 542 g/mol. The van der Waals surface area contributed by atoms with Crippen LogP contribution in [0.2, 0.25) is 0 Å². The molecule has 4 aromatic rings. The van der Waals surface area contributed by atoms with E-state index in [9.17, 15) is 14.9 Å². The first-order valence-corrected chi connectivity index (χ1v) is 13.4. The number of hydrogen-bond acceptors (Lipinski definition) is 11. The van der Waals surface area contributed by atoms with Gasteiger partial charge >= 0.3 is 5.97 Å². The maximum atomic E-state index is 13.2. The maximum absolute atomic E-state index is 13.2. The van der Waals surface area contributed by atoms with E-state index >= 15 is 0 Å². The molecule has 2 aromatic heterocycles. The van der Waals surface area contributed by atoms with E-state index < -0.39 is 10.9 Å². The number of nitrogens with zero attached hydrogens (tertiary/aromatic N) is 6. The Labute approximate surface area is 242 Å². The molecule has 0 atom stereocenters. The van der Waals surface area contributed by atoms with Crippen molar-refractivity contribution in [2.24, 2.45) is 7.05 Å². The lowest BCUT2D eigenvalue weighted by molar-refractivity contribution is -0.384. The van der Waals surface area contributed by atoms with Gasteiger partial charge in [-0.25, -0.2) is 14.8 Å². The largest absolute Gasteiger partial charge is 0.494 e. The van der Waals surface area contributed by atoms with Gasteiger partial charge in [-0.05, 0) is 20.2 Å². The number of anilines is 3. The summed E-state index contributed by atoms with van der Waals surface area (Å²) in [5.41, 5.74) is 2.85. The average Bonchev–Trinajstić information content (AvgIpc) is 3.29. The van der Waals surface area contributed by atoms with Gasteiger partial charge in [0.1, 0.15) is 23.1 Å². The van der Waals surface area contributed by atoms with Crippen LogP contribution in [0.4, 0.5) is 23.0 Å². The van der Waals surface area contributed by atoms with Gasteiger partial charge in [-0.2, -0.15) is 0 Å². The summed E-state index contributed by atoms with van der Waals surface area (Å²) in [6.07, 6.45) is 2.97. The Morgan fingerprint density at radius 2 is 1.98 bits per heavy atom. The number of hydrogen-bond donors (Lipinski definition) is 1. The van der Waals surface area contributed by atoms with Crippen molar-refractivity contribution >= 4 is 39.9 Å². The Balaban J connectivity index is 1.56. The zero-order valence-electron chi connectivity index (χ0n) is 24.2. The van der Waals surface area contributed by atoms with E-state index in [0.717, 1.165) is 10.9 Å². The van der Waals surface area contributed by atoms with Gasteiger partial charge in [-0.1, -0.05) is 18.2 Å². The number of benzene rings is 2. The first kappa shape index (κ1) is 28.8. The molecule has 0 aliphatic carbocycles. The fraction of sp³-hybridized carbons (Fsp3) is 0.345. The topological polar surface area (TPSA) is 137 Å². The van der Waals surface area contributed by atoms with Crippen LogP contribution in [0.3, 0.4) is 0 Å². The number of likely N-dealkylation sites (N-methyl/N-ethyl adjacent to an activating group) is 2. The molecule has 1 saturated heterocycles. The summed E-state index contributed by atoms with van der Waals surface area (Å²) in [7, 11) is 9.08. The third-order valence-electron chi connectivity index (χ3n) is 7.08. The Kier molecular flexibility index (Phi) is 8.22. The van der Waals surface area contributed by atoms with Crippen molar-refractivity contribution in [3.05, 3.63) is 64.5 Å². The van der Waals surface area contributed by atoms with E-state index in [1.54, 1.807) is 13.1 Å². The predicted octanol–water partition coefficient (Wildman–Crippen LogP) is 3.85. The maximum Gasteiger partial charge on any atom is 0.342 e. The molecule has 0 unspecified atom stereocenters. The smallest absolute Gasteiger partial charge is 0.342 e. The van der Waals surface area contributed by atoms with E-state index in [0.29, 0.717) is 54.7 Å². The lowest BCUT2D eigenvalue weighted by Gasteiger charge is -2.25. The molecule has 1 aliphatic rings. The minimum Gasteiger partial charge on any atom is -0.494 e. The van der Waals surface area contributed by atoms with Gasteiger partial charge in [0.05, 0.1) is 36.6 Å². The molecule has 1 N–H and O–H groups in total. The number of aryl methyl sites for hydroxylation is 1. The molecule has 13 nitrogen and oxygen atoms in total. The molecule has 5 rings (SSSR count). The summed E-state index contributed by atoms with van der Waals surface area (Å²) in [6.45, 7) is 1.97. The molecule has 13 heteroatoms. The summed E-state index contributed by atoms with van der Waals surface area (Å²) in [5.74, 6) is -0.0602. The van der Waals surface area contributed by atoms with Crippen LogP contribution in [0.5, 0.6) is 5.75 Å².